The molecule has 0 aliphatic heterocycles. The fourth-order valence-electron chi connectivity index (χ4n) is 0.476. The number of halogens is 2. The molecule has 0 bridgehead atoms. The smallest absolute Gasteiger partial charge is 0.0405 e. The Morgan fingerprint density at radius 2 is 1.67 bits per heavy atom. The molecule has 1 heterocycles. The van der Waals surface area contributed by atoms with Crippen LogP contribution in [0.2, 0.25) is 0 Å². The second kappa shape index (κ2) is 3.14. The van der Waals surface area contributed by atoms with E-state index >= 15 is 0 Å². The van der Waals surface area contributed by atoms with Crippen LogP contribution in [0.25, 0.3) is 0 Å². The highest BCUT2D eigenvalue weighted by atomic mass is 127. The molecule has 9 heavy (non-hydrogen) atoms. The molecule has 0 aliphatic rings. The van der Waals surface area contributed by atoms with Crippen molar-refractivity contribution in [2.75, 3.05) is 0 Å². The van der Waals surface area contributed by atoms with E-state index in [9.17, 15) is 0 Å². The average Bonchev–Trinajstić information content (AvgIpc) is 1.83. The number of rotatable bonds is 0. The molecule has 3 heteroatoms. The van der Waals surface area contributed by atoms with Crippen molar-refractivity contribution in [3.8, 4) is 0 Å². The fourth-order valence-corrected chi connectivity index (χ4v) is 1.89. The maximum absolute atomic E-state index is 4.03. The quantitative estimate of drug-likeness (QED) is 0.659. The third-order valence-corrected chi connectivity index (χ3v) is 3.27. The molecule has 0 radical (unpaired) electrons. The zero-order valence-corrected chi connectivity index (χ0v) is 9.17. The Morgan fingerprint density at radius 1 is 1.22 bits per heavy atom. The van der Waals surface area contributed by atoms with Gasteiger partial charge in [0.1, 0.15) is 0 Å². The first kappa shape index (κ1) is 7.71. The lowest BCUT2D eigenvalue weighted by Gasteiger charge is -1.96. The zero-order valence-electron chi connectivity index (χ0n) is 4.86. The molecule has 0 atom stereocenters. The molecule has 1 rings (SSSR count). The maximum atomic E-state index is 4.03. The normalized spacial score (nSPS) is 9.67. The second-order valence-electron chi connectivity index (χ2n) is 1.73. The highest BCUT2D eigenvalue weighted by molar-refractivity contribution is 14.1. The Hall–Kier alpha value is 0.610. The molecule has 0 saturated heterocycles. The minimum atomic E-state index is 1.24. The van der Waals surface area contributed by atoms with Gasteiger partial charge in [0.2, 0.25) is 0 Å². The highest BCUT2D eigenvalue weighted by Crippen LogP contribution is 2.14. The summed E-state index contributed by atoms with van der Waals surface area (Å²) in [5.41, 5.74) is 1.33. The molecule has 0 amide bonds. The SMILES string of the molecule is Cc1c(I)cncc1I. The molecule has 0 aliphatic carbocycles. The molecule has 1 aromatic rings. The van der Waals surface area contributed by atoms with Gasteiger partial charge in [0, 0.05) is 19.5 Å². The van der Waals surface area contributed by atoms with Gasteiger partial charge in [0.05, 0.1) is 0 Å². The van der Waals surface area contributed by atoms with E-state index in [4.69, 9.17) is 0 Å². The Bertz CT molecular complexity index is 202. The van der Waals surface area contributed by atoms with Crippen LogP contribution in [0.15, 0.2) is 12.4 Å². The van der Waals surface area contributed by atoms with Crippen molar-refractivity contribution in [3.05, 3.63) is 25.1 Å². The van der Waals surface area contributed by atoms with Gasteiger partial charge in [-0.2, -0.15) is 0 Å². The molecule has 1 nitrogen and oxygen atoms in total. The first-order chi connectivity index (χ1) is 4.22. The highest BCUT2D eigenvalue weighted by Gasteiger charge is 1.96. The van der Waals surface area contributed by atoms with Gasteiger partial charge in [-0.15, -0.1) is 0 Å². The summed E-state index contributed by atoms with van der Waals surface area (Å²) in [6.45, 7) is 2.10. The summed E-state index contributed by atoms with van der Waals surface area (Å²) in [7, 11) is 0. The average molecular weight is 345 g/mol. The minimum Gasteiger partial charge on any atom is -0.263 e. The van der Waals surface area contributed by atoms with Crippen LogP contribution in [0.1, 0.15) is 5.56 Å². The summed E-state index contributed by atoms with van der Waals surface area (Å²) < 4.78 is 2.47. The van der Waals surface area contributed by atoms with Crippen molar-refractivity contribution in [2.45, 2.75) is 6.92 Å². The van der Waals surface area contributed by atoms with Crippen molar-refractivity contribution >= 4 is 45.2 Å². The largest absolute Gasteiger partial charge is 0.263 e. The Kier molecular flexibility index (Phi) is 2.69. The lowest BCUT2D eigenvalue weighted by Crippen LogP contribution is -1.85. The molecule has 0 fully saturated rings. The van der Waals surface area contributed by atoms with Crippen LogP contribution < -0.4 is 0 Å². The van der Waals surface area contributed by atoms with E-state index in [1.165, 1.54) is 12.7 Å². The predicted molar refractivity (Wildman–Crippen MR) is 54.4 cm³/mol. The van der Waals surface area contributed by atoms with Crippen LogP contribution in [-0.2, 0) is 0 Å². The van der Waals surface area contributed by atoms with Crippen molar-refractivity contribution in [2.24, 2.45) is 0 Å². The van der Waals surface area contributed by atoms with Crippen molar-refractivity contribution in [1.29, 1.82) is 0 Å². The summed E-state index contributed by atoms with van der Waals surface area (Å²) in [6.07, 6.45) is 3.75. The first-order valence-electron chi connectivity index (χ1n) is 2.47. The molecule has 48 valence electrons. The van der Waals surface area contributed by atoms with Gasteiger partial charge in [-0.05, 0) is 57.7 Å². The molecular formula is C6H5I2N. The number of aromatic nitrogens is 1. The van der Waals surface area contributed by atoms with Gasteiger partial charge in [-0.3, -0.25) is 4.98 Å². The Labute approximate surface area is 81.5 Å². The number of hydrogen-bond donors (Lipinski definition) is 0. The van der Waals surface area contributed by atoms with Gasteiger partial charge in [-0.1, -0.05) is 0 Å². The van der Waals surface area contributed by atoms with E-state index in [1.54, 1.807) is 0 Å². The van der Waals surface area contributed by atoms with Crippen LogP contribution in [-0.4, -0.2) is 4.98 Å². The van der Waals surface area contributed by atoms with Crippen molar-refractivity contribution in [1.82, 2.24) is 4.98 Å². The van der Waals surface area contributed by atoms with E-state index in [2.05, 4.69) is 57.1 Å². The summed E-state index contributed by atoms with van der Waals surface area (Å²) in [6, 6.07) is 0. The number of nitrogens with zero attached hydrogens (tertiary/aromatic N) is 1. The molecule has 0 N–H and O–H groups in total. The number of hydrogen-bond acceptors (Lipinski definition) is 1. The van der Waals surface area contributed by atoms with Crippen molar-refractivity contribution in [3.63, 3.8) is 0 Å². The minimum absolute atomic E-state index is 1.24. The predicted octanol–water partition coefficient (Wildman–Crippen LogP) is 2.60. The summed E-state index contributed by atoms with van der Waals surface area (Å²) in [5.74, 6) is 0. The summed E-state index contributed by atoms with van der Waals surface area (Å²) in [5, 5.41) is 0. The monoisotopic (exact) mass is 345 g/mol. The fraction of sp³-hybridized carbons (Fsp3) is 0.167. The van der Waals surface area contributed by atoms with Gasteiger partial charge >= 0.3 is 0 Å². The standard InChI is InChI=1S/C6H5I2N/c1-4-5(7)2-9-3-6(4)8/h2-3H,1H3. The second-order valence-corrected chi connectivity index (χ2v) is 4.05. The third kappa shape index (κ3) is 1.76. The van der Waals surface area contributed by atoms with Gasteiger partial charge in [-0.25, -0.2) is 0 Å². The van der Waals surface area contributed by atoms with E-state index in [0.717, 1.165) is 0 Å². The van der Waals surface area contributed by atoms with Crippen molar-refractivity contribution < 1.29 is 0 Å². The van der Waals surface area contributed by atoms with Crippen LogP contribution >= 0.6 is 45.2 Å². The molecule has 1 aromatic heterocycles. The Balaban J connectivity index is 3.25. The van der Waals surface area contributed by atoms with E-state index in [1.807, 2.05) is 12.4 Å². The summed E-state index contributed by atoms with van der Waals surface area (Å²) >= 11 is 4.57. The van der Waals surface area contributed by atoms with E-state index in [-0.39, 0.29) is 0 Å². The Morgan fingerprint density at radius 3 is 2.00 bits per heavy atom. The number of pyridine rings is 1. The third-order valence-electron chi connectivity index (χ3n) is 1.09. The van der Waals surface area contributed by atoms with Gasteiger partial charge in [0.25, 0.3) is 0 Å². The van der Waals surface area contributed by atoms with Gasteiger partial charge in [0.15, 0.2) is 0 Å². The van der Waals surface area contributed by atoms with Crippen LogP contribution in [0, 0.1) is 14.1 Å². The molecule has 0 saturated carbocycles. The molecular weight excluding hydrogens is 340 g/mol. The first-order valence-corrected chi connectivity index (χ1v) is 4.63. The molecule has 0 aromatic carbocycles. The topological polar surface area (TPSA) is 12.9 Å². The lowest BCUT2D eigenvalue weighted by atomic mass is 10.3. The lowest BCUT2D eigenvalue weighted by molar-refractivity contribution is 1.23. The van der Waals surface area contributed by atoms with Crippen LogP contribution in [0.3, 0.4) is 0 Å². The van der Waals surface area contributed by atoms with E-state index in [0.29, 0.717) is 0 Å². The van der Waals surface area contributed by atoms with Crippen LogP contribution in [0.5, 0.6) is 0 Å². The van der Waals surface area contributed by atoms with E-state index < -0.39 is 0 Å². The maximum Gasteiger partial charge on any atom is 0.0405 e. The summed E-state index contributed by atoms with van der Waals surface area (Å²) in [4.78, 5) is 4.03. The molecule has 0 spiro atoms. The molecule has 0 unspecified atom stereocenters. The van der Waals surface area contributed by atoms with Crippen LogP contribution in [0.4, 0.5) is 0 Å². The zero-order chi connectivity index (χ0) is 6.85. The van der Waals surface area contributed by atoms with Gasteiger partial charge < -0.3 is 0 Å².